The monoisotopic (exact) mass is 348 g/mol. The highest BCUT2D eigenvalue weighted by Gasteiger charge is 2.13. The van der Waals surface area contributed by atoms with E-state index in [1.165, 1.54) is 0 Å². The Bertz CT molecular complexity index is 676. The number of ether oxygens (including phenoxy) is 2. The summed E-state index contributed by atoms with van der Waals surface area (Å²) in [7, 11) is 0. The second kappa shape index (κ2) is 6.05. The molecule has 1 heterocycles. The molecule has 0 fully saturated rings. The maximum absolute atomic E-state index is 11.9. The summed E-state index contributed by atoms with van der Waals surface area (Å²) in [6.45, 7) is 0.411. The Labute approximate surface area is 130 Å². The number of carbonyl (C=O) groups is 1. The number of amides is 1. The molecule has 1 amide bonds. The molecule has 1 aliphatic heterocycles. The van der Waals surface area contributed by atoms with Gasteiger partial charge >= 0.3 is 0 Å². The lowest BCUT2D eigenvalue weighted by Gasteiger charge is -2.08. The molecule has 1 aliphatic rings. The summed E-state index contributed by atoms with van der Waals surface area (Å²) in [4.78, 5) is 11.9. The van der Waals surface area contributed by atoms with Crippen molar-refractivity contribution in [2.75, 3.05) is 24.0 Å². The highest BCUT2D eigenvalue weighted by atomic mass is 79.9. The fourth-order valence-corrected chi connectivity index (χ4v) is 2.36. The number of rotatable bonds is 4. The van der Waals surface area contributed by atoms with Crippen molar-refractivity contribution in [1.82, 2.24) is 0 Å². The van der Waals surface area contributed by atoms with Gasteiger partial charge in [-0.15, -0.1) is 0 Å². The van der Waals surface area contributed by atoms with Gasteiger partial charge in [0.05, 0.1) is 6.54 Å². The average Bonchev–Trinajstić information content (AvgIpc) is 2.92. The normalized spacial score (nSPS) is 12.0. The predicted octanol–water partition coefficient (Wildman–Crippen LogP) is 3.23. The van der Waals surface area contributed by atoms with Crippen LogP contribution in [0.15, 0.2) is 46.9 Å². The molecule has 2 N–H and O–H groups in total. The van der Waals surface area contributed by atoms with Crippen molar-refractivity contribution in [2.45, 2.75) is 0 Å². The summed E-state index contributed by atoms with van der Waals surface area (Å²) in [5, 5.41) is 5.87. The molecule has 0 aliphatic carbocycles. The van der Waals surface area contributed by atoms with Gasteiger partial charge in [0.1, 0.15) is 0 Å². The van der Waals surface area contributed by atoms with E-state index >= 15 is 0 Å². The maximum atomic E-state index is 11.9. The average molecular weight is 349 g/mol. The fraction of sp³-hybridized carbons (Fsp3) is 0.133. The van der Waals surface area contributed by atoms with E-state index in [0.717, 1.165) is 21.6 Å². The van der Waals surface area contributed by atoms with E-state index in [1.807, 2.05) is 42.5 Å². The van der Waals surface area contributed by atoms with Gasteiger partial charge in [0.2, 0.25) is 12.7 Å². The molecule has 0 saturated carbocycles. The van der Waals surface area contributed by atoms with Crippen LogP contribution in [0, 0.1) is 0 Å². The van der Waals surface area contributed by atoms with Crippen molar-refractivity contribution in [2.24, 2.45) is 0 Å². The van der Waals surface area contributed by atoms with Crippen LogP contribution < -0.4 is 20.1 Å². The van der Waals surface area contributed by atoms with Crippen LogP contribution in [0.25, 0.3) is 0 Å². The topological polar surface area (TPSA) is 59.6 Å². The van der Waals surface area contributed by atoms with Gasteiger partial charge in [0.15, 0.2) is 11.5 Å². The second-order valence-electron chi connectivity index (χ2n) is 4.48. The molecule has 2 aromatic carbocycles. The van der Waals surface area contributed by atoms with E-state index in [4.69, 9.17) is 9.47 Å². The zero-order chi connectivity index (χ0) is 14.7. The first kappa shape index (κ1) is 13.8. The molecule has 6 heteroatoms. The summed E-state index contributed by atoms with van der Waals surface area (Å²) >= 11 is 3.36. The third kappa shape index (κ3) is 3.46. The number of hydrogen-bond donors (Lipinski definition) is 2. The largest absolute Gasteiger partial charge is 0.454 e. The molecule has 0 bridgehead atoms. The molecule has 21 heavy (non-hydrogen) atoms. The van der Waals surface area contributed by atoms with Crippen LogP contribution in [0.1, 0.15) is 0 Å². The first-order chi connectivity index (χ1) is 10.2. The van der Waals surface area contributed by atoms with Gasteiger partial charge in [0, 0.05) is 21.9 Å². The number of halogens is 1. The zero-order valence-corrected chi connectivity index (χ0v) is 12.6. The van der Waals surface area contributed by atoms with E-state index in [2.05, 4.69) is 26.6 Å². The lowest BCUT2D eigenvalue weighted by atomic mass is 10.2. The third-order valence-electron chi connectivity index (χ3n) is 2.93. The zero-order valence-electron chi connectivity index (χ0n) is 11.1. The fourth-order valence-electron chi connectivity index (χ4n) is 1.96. The first-order valence-electron chi connectivity index (χ1n) is 6.40. The highest BCUT2D eigenvalue weighted by molar-refractivity contribution is 9.10. The Morgan fingerprint density at radius 2 is 1.95 bits per heavy atom. The smallest absolute Gasteiger partial charge is 0.243 e. The molecule has 0 spiro atoms. The van der Waals surface area contributed by atoms with Gasteiger partial charge in [-0.1, -0.05) is 22.0 Å². The van der Waals surface area contributed by atoms with E-state index in [0.29, 0.717) is 5.75 Å². The SMILES string of the molecule is O=C(CNc1ccc2c(c1)OCO2)Nc1cccc(Br)c1. The molecule has 2 aromatic rings. The first-order valence-corrected chi connectivity index (χ1v) is 7.19. The molecule has 0 saturated heterocycles. The van der Waals surface area contributed by atoms with Crippen LogP contribution in [-0.2, 0) is 4.79 Å². The van der Waals surface area contributed by atoms with Crippen LogP contribution in [0.5, 0.6) is 11.5 Å². The lowest BCUT2D eigenvalue weighted by Crippen LogP contribution is -2.21. The van der Waals surface area contributed by atoms with Gasteiger partial charge in [-0.3, -0.25) is 4.79 Å². The summed E-state index contributed by atoms with van der Waals surface area (Å²) in [6, 6.07) is 12.9. The van der Waals surface area contributed by atoms with Gasteiger partial charge in [-0.25, -0.2) is 0 Å². The molecular weight excluding hydrogens is 336 g/mol. The summed E-state index contributed by atoms with van der Waals surface area (Å²) in [5.41, 5.74) is 1.56. The molecule has 0 radical (unpaired) electrons. The van der Waals surface area contributed by atoms with Gasteiger partial charge < -0.3 is 20.1 Å². The predicted molar refractivity (Wildman–Crippen MR) is 83.8 cm³/mol. The Morgan fingerprint density at radius 1 is 1.10 bits per heavy atom. The van der Waals surface area contributed by atoms with E-state index in [1.54, 1.807) is 0 Å². The van der Waals surface area contributed by atoms with E-state index in [-0.39, 0.29) is 19.2 Å². The second-order valence-corrected chi connectivity index (χ2v) is 5.40. The van der Waals surface area contributed by atoms with Crippen LogP contribution in [-0.4, -0.2) is 19.2 Å². The standard InChI is InChI=1S/C15H13BrN2O3/c16-10-2-1-3-12(6-10)18-15(19)8-17-11-4-5-13-14(7-11)21-9-20-13/h1-7,17H,8-9H2,(H,18,19). The Morgan fingerprint density at radius 3 is 2.81 bits per heavy atom. The Kier molecular flexibility index (Phi) is 3.96. The van der Waals surface area contributed by atoms with Gasteiger partial charge in [-0.2, -0.15) is 0 Å². The van der Waals surface area contributed by atoms with Crippen molar-refractivity contribution < 1.29 is 14.3 Å². The Balaban J connectivity index is 1.56. The molecule has 0 unspecified atom stereocenters. The molecular formula is C15H13BrN2O3. The minimum Gasteiger partial charge on any atom is -0.454 e. The maximum Gasteiger partial charge on any atom is 0.243 e. The van der Waals surface area contributed by atoms with E-state index in [9.17, 15) is 4.79 Å². The lowest BCUT2D eigenvalue weighted by molar-refractivity contribution is -0.114. The quantitative estimate of drug-likeness (QED) is 0.890. The van der Waals surface area contributed by atoms with Crippen molar-refractivity contribution in [3.8, 4) is 11.5 Å². The van der Waals surface area contributed by atoms with Crippen molar-refractivity contribution in [3.63, 3.8) is 0 Å². The van der Waals surface area contributed by atoms with Crippen LogP contribution in [0.3, 0.4) is 0 Å². The number of carbonyl (C=O) groups excluding carboxylic acids is 1. The highest BCUT2D eigenvalue weighted by Crippen LogP contribution is 2.34. The summed E-state index contributed by atoms with van der Waals surface area (Å²) in [6.07, 6.45) is 0. The number of anilines is 2. The van der Waals surface area contributed by atoms with Crippen LogP contribution in [0.2, 0.25) is 0 Å². The number of nitrogens with one attached hydrogen (secondary N) is 2. The third-order valence-corrected chi connectivity index (χ3v) is 3.43. The molecule has 3 rings (SSSR count). The van der Waals surface area contributed by atoms with Crippen molar-refractivity contribution in [1.29, 1.82) is 0 Å². The summed E-state index contributed by atoms with van der Waals surface area (Å²) in [5.74, 6) is 1.29. The summed E-state index contributed by atoms with van der Waals surface area (Å²) < 4.78 is 11.4. The van der Waals surface area contributed by atoms with Crippen molar-refractivity contribution in [3.05, 3.63) is 46.9 Å². The molecule has 108 valence electrons. The Hall–Kier alpha value is -2.21. The van der Waals surface area contributed by atoms with E-state index < -0.39 is 0 Å². The van der Waals surface area contributed by atoms with Crippen LogP contribution >= 0.6 is 15.9 Å². The minimum atomic E-state index is -0.120. The number of hydrogen-bond acceptors (Lipinski definition) is 4. The molecule has 0 aromatic heterocycles. The molecule has 5 nitrogen and oxygen atoms in total. The van der Waals surface area contributed by atoms with Crippen molar-refractivity contribution >= 4 is 33.2 Å². The van der Waals surface area contributed by atoms with Gasteiger partial charge in [-0.05, 0) is 30.3 Å². The van der Waals surface area contributed by atoms with Gasteiger partial charge in [0.25, 0.3) is 0 Å². The number of fused-ring (bicyclic) bond motifs is 1. The number of benzene rings is 2. The minimum absolute atomic E-state index is 0.120. The molecule has 0 atom stereocenters. The van der Waals surface area contributed by atoms with Crippen LogP contribution in [0.4, 0.5) is 11.4 Å².